The summed E-state index contributed by atoms with van der Waals surface area (Å²) in [6.07, 6.45) is 9.43. The summed E-state index contributed by atoms with van der Waals surface area (Å²) in [5.74, 6) is -0.0112. The molecule has 0 fully saturated rings. The van der Waals surface area contributed by atoms with Crippen molar-refractivity contribution >= 4 is 23.3 Å². The first-order valence-corrected chi connectivity index (χ1v) is 8.98. The van der Waals surface area contributed by atoms with Gasteiger partial charge in [0.05, 0.1) is 0 Å². The summed E-state index contributed by atoms with van der Waals surface area (Å²) in [4.78, 5) is 22.7. The van der Waals surface area contributed by atoms with Crippen molar-refractivity contribution in [3.8, 4) is 0 Å². The number of pyridine rings is 1. The Morgan fingerprint density at radius 1 is 1.04 bits per heavy atom. The van der Waals surface area contributed by atoms with E-state index >= 15 is 0 Å². The molecule has 0 aliphatic heterocycles. The van der Waals surface area contributed by atoms with Gasteiger partial charge in [-0.25, -0.2) is 4.98 Å². The third kappa shape index (κ3) is 5.36. The van der Waals surface area contributed by atoms with E-state index in [0.717, 1.165) is 17.0 Å². The molecule has 0 aliphatic carbocycles. The van der Waals surface area contributed by atoms with E-state index in [4.69, 9.17) is 0 Å². The monoisotopic (exact) mass is 349 g/mol. The molecule has 0 unspecified atom stereocenters. The number of hydrogen-bond acceptors (Lipinski definition) is 4. The number of amides is 1. The summed E-state index contributed by atoms with van der Waals surface area (Å²) in [6.45, 7) is 1.23. The first kappa shape index (κ1) is 17.0. The molecule has 1 amide bonds. The molecule has 2 heterocycles. The van der Waals surface area contributed by atoms with Crippen LogP contribution in [0.25, 0.3) is 6.08 Å². The SMILES string of the molecule is O=C(/C=C\c1nccs1)N(CCc1ccccc1)Cc1ccncc1. The molecule has 126 valence electrons. The van der Waals surface area contributed by atoms with E-state index < -0.39 is 0 Å². The smallest absolute Gasteiger partial charge is 0.246 e. The highest BCUT2D eigenvalue weighted by molar-refractivity contribution is 7.10. The van der Waals surface area contributed by atoms with Gasteiger partial charge < -0.3 is 4.90 Å². The van der Waals surface area contributed by atoms with E-state index in [0.29, 0.717) is 13.1 Å². The van der Waals surface area contributed by atoms with Gasteiger partial charge in [-0.05, 0) is 35.8 Å². The van der Waals surface area contributed by atoms with Crippen molar-refractivity contribution in [1.29, 1.82) is 0 Å². The molecule has 0 aliphatic rings. The minimum absolute atomic E-state index is 0.0112. The molecule has 2 aromatic heterocycles. The van der Waals surface area contributed by atoms with Crippen LogP contribution in [0.1, 0.15) is 16.1 Å². The van der Waals surface area contributed by atoms with Gasteiger partial charge in [-0.1, -0.05) is 30.3 Å². The minimum atomic E-state index is -0.0112. The third-order valence-electron chi connectivity index (χ3n) is 3.77. The number of carbonyl (C=O) groups excluding carboxylic acids is 1. The quantitative estimate of drug-likeness (QED) is 0.609. The Hall–Kier alpha value is -2.79. The van der Waals surface area contributed by atoms with E-state index in [-0.39, 0.29) is 5.91 Å². The number of aromatic nitrogens is 2. The lowest BCUT2D eigenvalue weighted by Gasteiger charge is -2.21. The van der Waals surface area contributed by atoms with Gasteiger partial charge in [0.2, 0.25) is 5.91 Å². The van der Waals surface area contributed by atoms with E-state index in [2.05, 4.69) is 22.1 Å². The maximum atomic E-state index is 12.7. The Bertz CT molecular complexity index is 801. The van der Waals surface area contributed by atoms with Crippen LogP contribution in [-0.4, -0.2) is 27.3 Å². The molecule has 0 saturated heterocycles. The Balaban J connectivity index is 1.69. The number of hydrogen-bond donors (Lipinski definition) is 0. The highest BCUT2D eigenvalue weighted by atomic mass is 32.1. The van der Waals surface area contributed by atoms with E-state index in [1.165, 1.54) is 16.9 Å². The average molecular weight is 349 g/mol. The van der Waals surface area contributed by atoms with Gasteiger partial charge >= 0.3 is 0 Å². The first-order chi connectivity index (χ1) is 12.3. The summed E-state index contributed by atoms with van der Waals surface area (Å²) in [7, 11) is 0. The van der Waals surface area contributed by atoms with E-state index in [9.17, 15) is 4.79 Å². The molecule has 1 aromatic carbocycles. The van der Waals surface area contributed by atoms with Gasteiger partial charge in [0.15, 0.2) is 0 Å². The Morgan fingerprint density at radius 3 is 2.56 bits per heavy atom. The third-order valence-corrected chi connectivity index (χ3v) is 4.51. The highest BCUT2D eigenvalue weighted by Crippen LogP contribution is 2.10. The fourth-order valence-corrected chi connectivity index (χ4v) is 2.98. The predicted octanol–water partition coefficient (Wildman–Crippen LogP) is 3.82. The van der Waals surface area contributed by atoms with Crippen molar-refractivity contribution in [3.63, 3.8) is 0 Å². The second-order valence-corrected chi connectivity index (χ2v) is 6.48. The Labute approximate surface area is 151 Å². The van der Waals surface area contributed by atoms with Gasteiger partial charge in [-0.2, -0.15) is 0 Å². The van der Waals surface area contributed by atoms with Crippen LogP contribution >= 0.6 is 11.3 Å². The van der Waals surface area contributed by atoms with Gasteiger partial charge in [0.25, 0.3) is 0 Å². The topological polar surface area (TPSA) is 46.1 Å². The summed E-state index contributed by atoms with van der Waals surface area (Å²) < 4.78 is 0. The van der Waals surface area contributed by atoms with Crippen LogP contribution in [0.15, 0.2) is 72.5 Å². The lowest BCUT2D eigenvalue weighted by molar-refractivity contribution is -0.126. The number of thiazole rings is 1. The minimum Gasteiger partial charge on any atom is -0.334 e. The number of carbonyl (C=O) groups is 1. The summed E-state index contributed by atoms with van der Waals surface area (Å²) >= 11 is 1.51. The molecule has 5 heteroatoms. The van der Waals surface area contributed by atoms with Crippen molar-refractivity contribution in [3.05, 3.63) is 88.6 Å². The van der Waals surface area contributed by atoms with E-state index in [1.807, 2.05) is 40.6 Å². The molecule has 25 heavy (non-hydrogen) atoms. The van der Waals surface area contributed by atoms with Gasteiger partial charge in [0.1, 0.15) is 5.01 Å². The van der Waals surface area contributed by atoms with Crippen LogP contribution in [0, 0.1) is 0 Å². The predicted molar refractivity (Wildman–Crippen MR) is 101 cm³/mol. The molecular formula is C20H19N3OS. The number of rotatable bonds is 7. The Morgan fingerprint density at radius 2 is 1.84 bits per heavy atom. The second-order valence-electron chi connectivity index (χ2n) is 5.55. The van der Waals surface area contributed by atoms with Gasteiger partial charge in [-0.3, -0.25) is 9.78 Å². The Kier molecular flexibility index (Phi) is 6.06. The molecule has 0 spiro atoms. The summed E-state index contributed by atoms with van der Waals surface area (Å²) in [5, 5.41) is 2.73. The van der Waals surface area contributed by atoms with E-state index in [1.54, 1.807) is 30.7 Å². The molecule has 0 atom stereocenters. The van der Waals surface area contributed by atoms with Gasteiger partial charge in [-0.15, -0.1) is 11.3 Å². The highest BCUT2D eigenvalue weighted by Gasteiger charge is 2.12. The van der Waals surface area contributed by atoms with Crippen LogP contribution in [0.2, 0.25) is 0 Å². The van der Waals surface area contributed by atoms with Crippen LogP contribution in [-0.2, 0) is 17.8 Å². The number of nitrogens with zero attached hydrogens (tertiary/aromatic N) is 3. The molecule has 0 N–H and O–H groups in total. The zero-order valence-electron chi connectivity index (χ0n) is 13.8. The molecule has 3 rings (SSSR count). The molecule has 0 radical (unpaired) electrons. The zero-order valence-corrected chi connectivity index (χ0v) is 14.6. The van der Waals surface area contributed by atoms with Crippen LogP contribution in [0.4, 0.5) is 0 Å². The van der Waals surface area contributed by atoms with Crippen molar-refractivity contribution in [2.75, 3.05) is 6.54 Å². The average Bonchev–Trinajstić information content (AvgIpc) is 3.18. The second kappa shape index (κ2) is 8.89. The van der Waals surface area contributed by atoms with Crippen LogP contribution in [0.3, 0.4) is 0 Å². The summed E-state index contributed by atoms with van der Waals surface area (Å²) in [6, 6.07) is 14.1. The van der Waals surface area contributed by atoms with Crippen molar-refractivity contribution in [1.82, 2.24) is 14.9 Å². The molecule has 3 aromatic rings. The lowest BCUT2D eigenvalue weighted by atomic mass is 10.1. The molecule has 0 saturated carbocycles. The molecule has 4 nitrogen and oxygen atoms in total. The fourth-order valence-electron chi connectivity index (χ4n) is 2.45. The standard InChI is InChI=1S/C20H19N3OS/c24-20(7-6-19-22-13-15-25-19)23(16-18-8-11-21-12-9-18)14-10-17-4-2-1-3-5-17/h1-9,11-13,15H,10,14,16H2/b7-6-. The van der Waals surface area contributed by atoms with Crippen molar-refractivity contribution < 1.29 is 4.79 Å². The number of benzene rings is 1. The lowest BCUT2D eigenvalue weighted by Crippen LogP contribution is -2.31. The fraction of sp³-hybridized carbons (Fsp3) is 0.150. The summed E-state index contributed by atoms with van der Waals surface area (Å²) in [5.41, 5.74) is 2.29. The van der Waals surface area contributed by atoms with Crippen LogP contribution < -0.4 is 0 Å². The van der Waals surface area contributed by atoms with Gasteiger partial charge in [0, 0.05) is 43.1 Å². The van der Waals surface area contributed by atoms with Crippen LogP contribution in [0.5, 0.6) is 0 Å². The molecular weight excluding hydrogens is 330 g/mol. The maximum absolute atomic E-state index is 12.7. The zero-order chi connectivity index (χ0) is 17.3. The van der Waals surface area contributed by atoms with Crippen molar-refractivity contribution in [2.45, 2.75) is 13.0 Å². The largest absolute Gasteiger partial charge is 0.334 e. The molecule has 0 bridgehead atoms. The normalized spacial score (nSPS) is 10.9. The first-order valence-electron chi connectivity index (χ1n) is 8.10. The van der Waals surface area contributed by atoms with Crippen molar-refractivity contribution in [2.24, 2.45) is 0 Å². The maximum Gasteiger partial charge on any atom is 0.246 e.